The molecule has 0 aliphatic carbocycles. The molecular formula is C6H8F4O4. The molecule has 3 N–H and O–H groups in total. The zero-order valence-electron chi connectivity index (χ0n) is 6.70. The molecule has 0 saturated heterocycles. The summed E-state index contributed by atoms with van der Waals surface area (Å²) in [7, 11) is 0. The van der Waals surface area contributed by atoms with Crippen molar-refractivity contribution in [1.29, 1.82) is 0 Å². The Balaban J connectivity index is 4.85. The van der Waals surface area contributed by atoms with E-state index in [0.29, 0.717) is 0 Å². The van der Waals surface area contributed by atoms with Crippen LogP contribution in [0.3, 0.4) is 0 Å². The maximum Gasteiger partial charge on any atom is 0.367 e. The summed E-state index contributed by atoms with van der Waals surface area (Å²) in [5.41, 5.74) is 0. The number of halogens is 4. The summed E-state index contributed by atoms with van der Waals surface area (Å²) in [5, 5.41) is 25.1. The SMILES string of the molecule is O=CC(F)(F)C(F)(F)[C@H](O)[C@H](O)CO. The molecule has 0 spiro atoms. The molecule has 0 fully saturated rings. The fourth-order valence-corrected chi connectivity index (χ4v) is 0.617. The third-order valence-electron chi connectivity index (χ3n) is 1.52. The van der Waals surface area contributed by atoms with E-state index in [0.717, 1.165) is 0 Å². The van der Waals surface area contributed by atoms with Gasteiger partial charge in [-0.05, 0) is 0 Å². The van der Waals surface area contributed by atoms with Crippen molar-refractivity contribution in [3.63, 3.8) is 0 Å². The molecule has 2 atom stereocenters. The first-order valence-electron chi connectivity index (χ1n) is 3.39. The van der Waals surface area contributed by atoms with Crippen LogP contribution in [-0.4, -0.2) is 52.3 Å². The Bertz CT molecular complexity index is 208. The maximum absolute atomic E-state index is 12.5. The Morgan fingerprint density at radius 3 is 1.93 bits per heavy atom. The van der Waals surface area contributed by atoms with Crippen LogP contribution in [-0.2, 0) is 4.79 Å². The smallest absolute Gasteiger partial charge is 0.367 e. The van der Waals surface area contributed by atoms with Crippen molar-refractivity contribution in [1.82, 2.24) is 0 Å². The Hall–Kier alpha value is -0.730. The quantitative estimate of drug-likeness (QED) is 0.417. The molecule has 0 amide bonds. The molecule has 0 aliphatic heterocycles. The van der Waals surface area contributed by atoms with E-state index in [9.17, 15) is 22.4 Å². The zero-order chi connectivity index (χ0) is 11.6. The molecule has 0 rings (SSSR count). The van der Waals surface area contributed by atoms with Crippen LogP contribution < -0.4 is 0 Å². The second-order valence-corrected chi connectivity index (χ2v) is 2.56. The summed E-state index contributed by atoms with van der Waals surface area (Å²) >= 11 is 0. The van der Waals surface area contributed by atoms with Gasteiger partial charge in [0.15, 0.2) is 12.4 Å². The van der Waals surface area contributed by atoms with Gasteiger partial charge >= 0.3 is 11.8 Å². The average Bonchev–Trinajstić information content (AvgIpc) is 2.14. The number of aldehydes is 1. The highest BCUT2D eigenvalue weighted by Crippen LogP contribution is 2.36. The van der Waals surface area contributed by atoms with Gasteiger partial charge in [0.25, 0.3) is 0 Å². The predicted octanol–water partition coefficient (Wildman–Crippen LogP) is -0.830. The van der Waals surface area contributed by atoms with E-state index < -0.39 is 36.9 Å². The number of aliphatic hydroxyl groups excluding tert-OH is 3. The van der Waals surface area contributed by atoms with Crippen LogP contribution in [0.1, 0.15) is 0 Å². The molecule has 8 heteroatoms. The van der Waals surface area contributed by atoms with E-state index in [1.165, 1.54) is 0 Å². The van der Waals surface area contributed by atoms with Crippen LogP contribution in [0, 0.1) is 0 Å². The van der Waals surface area contributed by atoms with E-state index in [4.69, 9.17) is 15.3 Å². The van der Waals surface area contributed by atoms with Gasteiger partial charge in [0.2, 0.25) is 0 Å². The number of hydrogen-bond donors (Lipinski definition) is 3. The van der Waals surface area contributed by atoms with Crippen molar-refractivity contribution >= 4 is 6.29 Å². The minimum atomic E-state index is -5.13. The highest BCUT2D eigenvalue weighted by molar-refractivity contribution is 5.61. The minimum Gasteiger partial charge on any atom is -0.394 e. The van der Waals surface area contributed by atoms with Crippen LogP contribution in [0.4, 0.5) is 17.6 Å². The van der Waals surface area contributed by atoms with E-state index in [1.807, 2.05) is 0 Å². The molecule has 0 aromatic rings. The summed E-state index contributed by atoms with van der Waals surface area (Å²) in [5.74, 6) is -10.2. The fourth-order valence-electron chi connectivity index (χ4n) is 0.617. The summed E-state index contributed by atoms with van der Waals surface area (Å²) in [6.45, 7) is -1.33. The molecule has 0 saturated carbocycles. The lowest BCUT2D eigenvalue weighted by Crippen LogP contribution is -2.55. The van der Waals surface area contributed by atoms with Crippen molar-refractivity contribution in [3.05, 3.63) is 0 Å². The van der Waals surface area contributed by atoms with Gasteiger partial charge in [-0.15, -0.1) is 0 Å². The lowest BCUT2D eigenvalue weighted by Gasteiger charge is -2.28. The number of alkyl halides is 4. The first kappa shape index (κ1) is 13.3. The molecule has 0 bridgehead atoms. The average molecular weight is 220 g/mol. The topological polar surface area (TPSA) is 77.8 Å². The fraction of sp³-hybridized carbons (Fsp3) is 0.833. The van der Waals surface area contributed by atoms with E-state index in [2.05, 4.69) is 0 Å². The first-order chi connectivity index (χ1) is 6.20. The molecule has 0 aromatic heterocycles. The van der Waals surface area contributed by atoms with Crippen LogP contribution in [0.2, 0.25) is 0 Å². The zero-order valence-corrected chi connectivity index (χ0v) is 6.70. The van der Waals surface area contributed by atoms with Crippen molar-refractivity contribution in [2.45, 2.75) is 24.1 Å². The van der Waals surface area contributed by atoms with E-state index >= 15 is 0 Å². The highest BCUT2D eigenvalue weighted by atomic mass is 19.3. The molecular weight excluding hydrogens is 212 g/mol. The second-order valence-electron chi connectivity index (χ2n) is 2.56. The van der Waals surface area contributed by atoms with E-state index in [1.54, 1.807) is 0 Å². The summed E-state index contributed by atoms with van der Waals surface area (Å²) < 4.78 is 49.5. The van der Waals surface area contributed by atoms with Crippen molar-refractivity contribution in [2.24, 2.45) is 0 Å². The molecule has 0 heterocycles. The normalized spacial score (nSPS) is 17.6. The van der Waals surface area contributed by atoms with Crippen LogP contribution >= 0.6 is 0 Å². The largest absolute Gasteiger partial charge is 0.394 e. The van der Waals surface area contributed by atoms with Gasteiger partial charge in [-0.1, -0.05) is 0 Å². The summed E-state index contributed by atoms with van der Waals surface area (Å²) in [4.78, 5) is 9.60. The number of carbonyl (C=O) groups excluding carboxylic acids is 1. The lowest BCUT2D eigenvalue weighted by atomic mass is 10.0. The molecule has 0 radical (unpaired) electrons. The van der Waals surface area contributed by atoms with Gasteiger partial charge in [-0.25, -0.2) is 0 Å². The molecule has 84 valence electrons. The van der Waals surface area contributed by atoms with Gasteiger partial charge in [0.1, 0.15) is 6.10 Å². The lowest BCUT2D eigenvalue weighted by molar-refractivity contribution is -0.255. The van der Waals surface area contributed by atoms with Gasteiger partial charge in [0.05, 0.1) is 6.61 Å². The van der Waals surface area contributed by atoms with Crippen molar-refractivity contribution in [2.75, 3.05) is 6.61 Å². The highest BCUT2D eigenvalue weighted by Gasteiger charge is 2.62. The monoisotopic (exact) mass is 220 g/mol. The van der Waals surface area contributed by atoms with Gasteiger partial charge in [-0.2, -0.15) is 17.6 Å². The number of rotatable bonds is 5. The Kier molecular flexibility index (Phi) is 3.98. The third kappa shape index (κ3) is 2.20. The first-order valence-corrected chi connectivity index (χ1v) is 3.39. The standard InChI is InChI=1S/C6H8F4O4/c7-5(8,2-12)6(9,10)4(14)3(13)1-11/h2-4,11,13-14H,1H2/t3-,4-/m1/s1. The van der Waals surface area contributed by atoms with Crippen LogP contribution in [0.25, 0.3) is 0 Å². The molecule has 4 nitrogen and oxygen atoms in total. The van der Waals surface area contributed by atoms with Gasteiger partial charge in [-0.3, -0.25) is 4.79 Å². The van der Waals surface area contributed by atoms with Gasteiger partial charge in [0, 0.05) is 0 Å². The maximum atomic E-state index is 12.5. The van der Waals surface area contributed by atoms with Crippen molar-refractivity contribution < 1.29 is 37.7 Å². The Labute approximate surface area is 75.8 Å². The Morgan fingerprint density at radius 2 is 1.64 bits per heavy atom. The number of hydrogen-bond acceptors (Lipinski definition) is 4. The van der Waals surface area contributed by atoms with Gasteiger partial charge < -0.3 is 15.3 Å². The van der Waals surface area contributed by atoms with Crippen LogP contribution in [0.5, 0.6) is 0 Å². The third-order valence-corrected chi connectivity index (χ3v) is 1.52. The molecule has 0 aromatic carbocycles. The van der Waals surface area contributed by atoms with Crippen molar-refractivity contribution in [3.8, 4) is 0 Å². The number of aliphatic hydroxyl groups is 3. The predicted molar refractivity (Wildman–Crippen MR) is 35.1 cm³/mol. The molecule has 14 heavy (non-hydrogen) atoms. The van der Waals surface area contributed by atoms with Crippen LogP contribution in [0.15, 0.2) is 0 Å². The minimum absolute atomic E-state index is 1.33. The summed E-state index contributed by atoms with van der Waals surface area (Å²) in [6.07, 6.45) is -7.00. The molecule has 0 unspecified atom stereocenters. The summed E-state index contributed by atoms with van der Waals surface area (Å²) in [6, 6.07) is 0. The van der Waals surface area contributed by atoms with E-state index in [-0.39, 0.29) is 0 Å². The molecule has 0 aliphatic rings. The second kappa shape index (κ2) is 4.20. The number of carbonyl (C=O) groups is 1. The Morgan fingerprint density at radius 1 is 1.21 bits per heavy atom.